The highest BCUT2D eigenvalue weighted by Gasteiger charge is 2.46. The molecule has 144 valence electrons. The third kappa shape index (κ3) is 5.11. The van der Waals surface area contributed by atoms with Crippen LogP contribution in [0, 0.1) is 0 Å². The third-order valence-corrected chi connectivity index (χ3v) is 4.12. The number of urea groups is 1. The highest BCUT2D eigenvalue weighted by molar-refractivity contribution is 5.73. The number of benzene rings is 1. The average molecular weight is 363 g/mol. The van der Waals surface area contributed by atoms with Crippen molar-refractivity contribution in [1.29, 1.82) is 0 Å². The van der Waals surface area contributed by atoms with E-state index in [4.69, 9.17) is 15.2 Å². The Morgan fingerprint density at radius 2 is 1.92 bits per heavy atom. The molecule has 1 heterocycles. The van der Waals surface area contributed by atoms with E-state index in [0.717, 1.165) is 5.56 Å². The summed E-state index contributed by atoms with van der Waals surface area (Å²) in [6.45, 7) is 10.0. The maximum Gasteiger partial charge on any atom is 0.412 e. The van der Waals surface area contributed by atoms with Gasteiger partial charge >= 0.3 is 12.1 Å². The largest absolute Gasteiger partial charge is 0.444 e. The summed E-state index contributed by atoms with van der Waals surface area (Å²) in [6, 6.07) is 8.70. The number of nitrogens with zero attached hydrogens (tertiary/aromatic N) is 2. The van der Waals surface area contributed by atoms with Crippen molar-refractivity contribution in [3.8, 4) is 0 Å². The second-order valence-electron chi connectivity index (χ2n) is 7.97. The molecule has 0 bridgehead atoms. The highest BCUT2D eigenvalue weighted by atomic mass is 16.6. The van der Waals surface area contributed by atoms with E-state index in [1.807, 2.05) is 65.0 Å². The van der Waals surface area contributed by atoms with Gasteiger partial charge in [-0.15, -0.1) is 0 Å². The number of rotatable bonds is 4. The van der Waals surface area contributed by atoms with Gasteiger partial charge in [0.05, 0.1) is 12.6 Å². The molecule has 1 aromatic carbocycles. The summed E-state index contributed by atoms with van der Waals surface area (Å²) in [4.78, 5) is 27.7. The molecule has 1 saturated heterocycles. The van der Waals surface area contributed by atoms with Crippen LogP contribution in [-0.2, 0) is 16.0 Å². The minimum Gasteiger partial charge on any atom is -0.444 e. The summed E-state index contributed by atoms with van der Waals surface area (Å²) in [5.74, 6) is 0. The van der Waals surface area contributed by atoms with Crippen molar-refractivity contribution in [2.75, 3.05) is 13.2 Å². The van der Waals surface area contributed by atoms with Crippen molar-refractivity contribution in [1.82, 2.24) is 9.80 Å². The topological polar surface area (TPSA) is 85.1 Å². The number of hydrogen-bond acceptors (Lipinski definition) is 4. The molecule has 0 radical (unpaired) electrons. The third-order valence-electron chi connectivity index (χ3n) is 4.12. The maximum atomic E-state index is 12.7. The number of primary amides is 1. The van der Waals surface area contributed by atoms with Crippen LogP contribution in [0.2, 0.25) is 0 Å². The Morgan fingerprint density at radius 1 is 1.31 bits per heavy atom. The SMILES string of the molecule is CC(C)(C)OC(=O)N1[C@H](CN(Cc2ccccc2)C(N)=O)COC1(C)C. The summed E-state index contributed by atoms with van der Waals surface area (Å²) in [6.07, 6.45) is -0.464. The van der Waals surface area contributed by atoms with Gasteiger partial charge in [0, 0.05) is 13.1 Å². The summed E-state index contributed by atoms with van der Waals surface area (Å²) >= 11 is 0. The predicted molar refractivity (Wildman–Crippen MR) is 98.3 cm³/mol. The summed E-state index contributed by atoms with van der Waals surface area (Å²) in [5.41, 5.74) is 5.10. The Hall–Kier alpha value is -2.28. The van der Waals surface area contributed by atoms with E-state index in [1.54, 1.807) is 4.90 Å². The van der Waals surface area contributed by atoms with Crippen molar-refractivity contribution in [3.05, 3.63) is 35.9 Å². The van der Waals surface area contributed by atoms with Crippen LogP contribution in [0.5, 0.6) is 0 Å². The molecule has 2 rings (SSSR count). The van der Waals surface area contributed by atoms with E-state index >= 15 is 0 Å². The van der Waals surface area contributed by atoms with Crippen molar-refractivity contribution < 1.29 is 19.1 Å². The van der Waals surface area contributed by atoms with Gasteiger partial charge in [0.15, 0.2) is 0 Å². The van der Waals surface area contributed by atoms with Gasteiger partial charge in [0.25, 0.3) is 0 Å². The number of nitrogens with two attached hydrogens (primary N) is 1. The lowest BCUT2D eigenvalue weighted by Crippen LogP contribution is -2.54. The van der Waals surface area contributed by atoms with Gasteiger partial charge in [-0.05, 0) is 40.2 Å². The zero-order valence-electron chi connectivity index (χ0n) is 16.2. The first-order valence-electron chi connectivity index (χ1n) is 8.74. The molecule has 1 aliphatic heterocycles. The Labute approximate surface area is 155 Å². The van der Waals surface area contributed by atoms with Crippen LogP contribution in [0.4, 0.5) is 9.59 Å². The normalized spacial score (nSPS) is 19.3. The molecule has 0 aliphatic carbocycles. The molecule has 3 amide bonds. The quantitative estimate of drug-likeness (QED) is 0.891. The van der Waals surface area contributed by atoms with E-state index in [1.165, 1.54) is 4.90 Å². The van der Waals surface area contributed by atoms with E-state index in [9.17, 15) is 9.59 Å². The molecule has 7 heteroatoms. The van der Waals surface area contributed by atoms with Crippen LogP contribution < -0.4 is 5.73 Å². The molecule has 0 aromatic heterocycles. The molecule has 26 heavy (non-hydrogen) atoms. The second-order valence-corrected chi connectivity index (χ2v) is 7.97. The fraction of sp³-hybridized carbons (Fsp3) is 0.579. The Bertz CT molecular complexity index is 640. The Morgan fingerprint density at radius 3 is 2.46 bits per heavy atom. The molecular weight excluding hydrogens is 334 g/mol. The highest BCUT2D eigenvalue weighted by Crippen LogP contribution is 2.30. The molecule has 0 saturated carbocycles. The van der Waals surface area contributed by atoms with Crippen LogP contribution in [0.3, 0.4) is 0 Å². The minimum absolute atomic E-state index is 0.271. The Balaban J connectivity index is 2.15. The molecule has 0 spiro atoms. The number of carbonyl (C=O) groups excluding carboxylic acids is 2. The predicted octanol–water partition coefficient (Wildman–Crippen LogP) is 2.94. The summed E-state index contributed by atoms with van der Waals surface area (Å²) in [5, 5.41) is 0. The van der Waals surface area contributed by atoms with Crippen LogP contribution in [-0.4, -0.2) is 52.4 Å². The molecule has 7 nitrogen and oxygen atoms in total. The van der Waals surface area contributed by atoms with E-state index in [-0.39, 0.29) is 12.6 Å². The molecule has 1 fully saturated rings. The van der Waals surface area contributed by atoms with Gasteiger partial charge in [-0.2, -0.15) is 0 Å². The van der Waals surface area contributed by atoms with Gasteiger partial charge in [-0.25, -0.2) is 9.59 Å². The second kappa shape index (κ2) is 7.53. The monoisotopic (exact) mass is 363 g/mol. The number of carbonyl (C=O) groups is 2. The van der Waals surface area contributed by atoms with Crippen molar-refractivity contribution in [2.45, 2.75) is 58.5 Å². The van der Waals surface area contributed by atoms with Gasteiger partial charge < -0.3 is 20.1 Å². The van der Waals surface area contributed by atoms with E-state index in [2.05, 4.69) is 0 Å². The minimum atomic E-state index is -0.816. The summed E-state index contributed by atoms with van der Waals surface area (Å²) < 4.78 is 11.3. The van der Waals surface area contributed by atoms with E-state index in [0.29, 0.717) is 13.2 Å². The van der Waals surface area contributed by atoms with Crippen LogP contribution >= 0.6 is 0 Å². The van der Waals surface area contributed by atoms with Crippen molar-refractivity contribution in [3.63, 3.8) is 0 Å². The molecule has 1 aromatic rings. The van der Waals surface area contributed by atoms with Gasteiger partial charge in [0.1, 0.15) is 11.3 Å². The lowest BCUT2D eigenvalue weighted by atomic mass is 10.1. The van der Waals surface area contributed by atoms with Crippen LogP contribution in [0.25, 0.3) is 0 Å². The molecule has 1 aliphatic rings. The first kappa shape index (κ1) is 20.0. The standard InChI is InChI=1S/C19H29N3O4/c1-18(2,3)26-17(24)22-15(13-25-19(22,4)5)12-21(16(20)23)11-14-9-7-6-8-10-14/h6-10,15H,11-13H2,1-5H3,(H2,20,23)/t15-/m1/s1. The van der Waals surface area contributed by atoms with Crippen LogP contribution in [0.15, 0.2) is 30.3 Å². The molecule has 1 atom stereocenters. The zero-order valence-corrected chi connectivity index (χ0v) is 16.2. The average Bonchev–Trinajstić information content (AvgIpc) is 2.80. The van der Waals surface area contributed by atoms with Crippen LogP contribution in [0.1, 0.15) is 40.2 Å². The Kier molecular flexibility index (Phi) is 5.81. The maximum absolute atomic E-state index is 12.7. The number of ether oxygens (including phenoxy) is 2. The van der Waals surface area contributed by atoms with Gasteiger partial charge in [0.2, 0.25) is 0 Å². The van der Waals surface area contributed by atoms with Gasteiger partial charge in [-0.3, -0.25) is 4.90 Å². The molecular formula is C19H29N3O4. The first-order valence-corrected chi connectivity index (χ1v) is 8.74. The fourth-order valence-electron chi connectivity index (χ4n) is 2.99. The number of amides is 3. The lowest BCUT2D eigenvalue weighted by Gasteiger charge is -2.36. The van der Waals surface area contributed by atoms with E-state index < -0.39 is 23.5 Å². The summed E-state index contributed by atoms with van der Waals surface area (Å²) in [7, 11) is 0. The molecule has 2 N–H and O–H groups in total. The zero-order chi connectivity index (χ0) is 19.5. The molecule has 0 unspecified atom stereocenters. The fourth-order valence-corrected chi connectivity index (χ4v) is 2.99. The smallest absolute Gasteiger partial charge is 0.412 e. The van der Waals surface area contributed by atoms with Gasteiger partial charge in [-0.1, -0.05) is 30.3 Å². The first-order chi connectivity index (χ1) is 12.0. The number of hydrogen-bond donors (Lipinski definition) is 1. The van der Waals surface area contributed by atoms with Crippen molar-refractivity contribution in [2.24, 2.45) is 5.73 Å². The van der Waals surface area contributed by atoms with Crippen molar-refractivity contribution >= 4 is 12.1 Å². The lowest BCUT2D eigenvalue weighted by molar-refractivity contribution is -0.0631.